The number of furan rings is 1. The summed E-state index contributed by atoms with van der Waals surface area (Å²) in [6.45, 7) is 3.90. The van der Waals surface area contributed by atoms with Gasteiger partial charge in [-0.1, -0.05) is 30.8 Å². The smallest absolute Gasteiger partial charge is 0.269 e. The van der Waals surface area contributed by atoms with Crippen LogP contribution in [0.5, 0.6) is 0 Å². The van der Waals surface area contributed by atoms with Gasteiger partial charge in [0.25, 0.3) is 11.6 Å². The normalized spacial score (nSPS) is 17.0. The van der Waals surface area contributed by atoms with E-state index in [9.17, 15) is 14.9 Å². The molecule has 0 aliphatic carbocycles. The molecule has 1 aliphatic heterocycles. The molecule has 31 heavy (non-hydrogen) atoms. The molecule has 2 aromatic carbocycles. The van der Waals surface area contributed by atoms with Crippen LogP contribution < -0.4 is 10.6 Å². The standard InChI is InChI=1S/C23H21N3O4S/c1-3-15-4-6-16(7-5-15)24-23-25-22(27)21(31-23)13-18-9-11-20(30-18)19-10-8-17(26(28)29)12-14(19)2/h4-13,23-24H,3H2,1-2H3,(H,25,27)/b21-13+/t23-/m1/s1. The first kappa shape index (κ1) is 20.7. The van der Waals surface area contributed by atoms with Crippen molar-refractivity contribution in [3.63, 3.8) is 0 Å². The van der Waals surface area contributed by atoms with E-state index in [1.54, 1.807) is 31.2 Å². The second-order valence-corrected chi connectivity index (χ2v) is 8.28. The molecule has 0 bridgehead atoms. The van der Waals surface area contributed by atoms with Gasteiger partial charge in [0.1, 0.15) is 11.5 Å². The first-order chi connectivity index (χ1) is 14.9. The van der Waals surface area contributed by atoms with Crippen molar-refractivity contribution >= 4 is 35.1 Å². The second-order valence-electron chi connectivity index (χ2n) is 7.13. The summed E-state index contributed by atoms with van der Waals surface area (Å²) in [4.78, 5) is 23.4. The average molecular weight is 436 g/mol. The predicted octanol–water partition coefficient (Wildman–Crippen LogP) is 5.33. The maximum Gasteiger partial charge on any atom is 0.269 e. The lowest BCUT2D eigenvalue weighted by molar-refractivity contribution is -0.384. The van der Waals surface area contributed by atoms with Crippen LogP contribution in [0.2, 0.25) is 0 Å². The number of thioether (sulfide) groups is 1. The van der Waals surface area contributed by atoms with E-state index >= 15 is 0 Å². The number of hydrogen-bond donors (Lipinski definition) is 2. The molecule has 0 spiro atoms. The van der Waals surface area contributed by atoms with Crippen molar-refractivity contribution in [2.75, 3.05) is 5.32 Å². The van der Waals surface area contributed by atoms with E-state index in [0.29, 0.717) is 16.4 Å². The number of nitrogens with zero attached hydrogens (tertiary/aromatic N) is 1. The van der Waals surface area contributed by atoms with Gasteiger partial charge >= 0.3 is 0 Å². The van der Waals surface area contributed by atoms with Crippen molar-refractivity contribution in [3.05, 3.63) is 86.5 Å². The van der Waals surface area contributed by atoms with Crippen molar-refractivity contribution in [1.82, 2.24) is 5.32 Å². The number of nitro groups is 1. The van der Waals surface area contributed by atoms with E-state index in [1.165, 1.54) is 29.5 Å². The fraction of sp³-hybridized carbons (Fsp3) is 0.174. The van der Waals surface area contributed by atoms with Gasteiger partial charge in [0.05, 0.1) is 9.83 Å². The van der Waals surface area contributed by atoms with Gasteiger partial charge in [0.2, 0.25) is 0 Å². The molecule has 3 aromatic rings. The first-order valence-corrected chi connectivity index (χ1v) is 10.7. The summed E-state index contributed by atoms with van der Waals surface area (Å²) in [5.41, 5.74) is 3.48. The van der Waals surface area contributed by atoms with Gasteiger partial charge in [-0.3, -0.25) is 14.9 Å². The highest BCUT2D eigenvalue weighted by Crippen LogP contribution is 2.33. The fourth-order valence-electron chi connectivity index (χ4n) is 3.30. The van der Waals surface area contributed by atoms with E-state index < -0.39 is 4.92 Å². The van der Waals surface area contributed by atoms with Gasteiger partial charge in [-0.15, -0.1) is 0 Å². The molecule has 0 unspecified atom stereocenters. The van der Waals surface area contributed by atoms with Gasteiger partial charge in [-0.25, -0.2) is 0 Å². The van der Waals surface area contributed by atoms with Crippen molar-refractivity contribution in [2.24, 2.45) is 0 Å². The van der Waals surface area contributed by atoms with Crippen LogP contribution in [-0.4, -0.2) is 16.3 Å². The molecular weight excluding hydrogens is 414 g/mol. The number of rotatable bonds is 6. The maximum atomic E-state index is 12.4. The Morgan fingerprint density at radius 1 is 1.19 bits per heavy atom. The summed E-state index contributed by atoms with van der Waals surface area (Å²) in [7, 11) is 0. The molecule has 1 amide bonds. The summed E-state index contributed by atoms with van der Waals surface area (Å²) in [5, 5.41) is 17.1. The zero-order valence-electron chi connectivity index (χ0n) is 17.0. The topological polar surface area (TPSA) is 97.4 Å². The number of non-ortho nitro benzene ring substituents is 1. The van der Waals surface area contributed by atoms with Crippen LogP contribution in [0.15, 0.2) is 63.9 Å². The van der Waals surface area contributed by atoms with Crippen LogP contribution in [0.25, 0.3) is 17.4 Å². The quantitative estimate of drug-likeness (QED) is 0.309. The van der Waals surface area contributed by atoms with Crippen molar-refractivity contribution in [3.8, 4) is 11.3 Å². The number of nitrogens with one attached hydrogen (secondary N) is 2. The molecule has 1 fully saturated rings. The highest BCUT2D eigenvalue weighted by atomic mass is 32.2. The molecule has 1 aromatic heterocycles. The van der Waals surface area contributed by atoms with E-state index in [-0.39, 0.29) is 17.1 Å². The van der Waals surface area contributed by atoms with E-state index in [1.807, 2.05) is 12.1 Å². The van der Waals surface area contributed by atoms with Crippen LogP contribution in [0, 0.1) is 17.0 Å². The van der Waals surface area contributed by atoms with Crippen molar-refractivity contribution in [1.29, 1.82) is 0 Å². The molecule has 2 heterocycles. The molecule has 1 atom stereocenters. The Kier molecular flexibility index (Phi) is 5.81. The number of benzene rings is 2. The molecule has 7 nitrogen and oxygen atoms in total. The fourth-order valence-corrected chi connectivity index (χ4v) is 4.26. The molecule has 1 saturated heterocycles. The van der Waals surface area contributed by atoms with Crippen LogP contribution in [-0.2, 0) is 11.2 Å². The van der Waals surface area contributed by atoms with Crippen LogP contribution >= 0.6 is 11.8 Å². The van der Waals surface area contributed by atoms with Crippen molar-refractivity contribution in [2.45, 2.75) is 25.8 Å². The lowest BCUT2D eigenvalue weighted by Crippen LogP contribution is -2.30. The van der Waals surface area contributed by atoms with Crippen LogP contribution in [0.4, 0.5) is 11.4 Å². The Balaban J connectivity index is 1.47. The first-order valence-electron chi connectivity index (χ1n) is 9.83. The lowest BCUT2D eigenvalue weighted by atomic mass is 10.1. The highest BCUT2D eigenvalue weighted by molar-refractivity contribution is 8.05. The summed E-state index contributed by atoms with van der Waals surface area (Å²) >= 11 is 1.39. The second kappa shape index (κ2) is 8.69. The number of amides is 1. The SMILES string of the molecule is CCc1ccc(N[C@@H]2NC(=O)/C(=C\c3ccc(-c4ccc([N+](=O)[O-])cc4C)o3)S2)cc1. The molecule has 1 aliphatic rings. The Labute approximate surface area is 183 Å². The van der Waals surface area contributed by atoms with E-state index in [4.69, 9.17) is 4.42 Å². The Hall–Kier alpha value is -3.52. The van der Waals surface area contributed by atoms with Gasteiger partial charge in [-0.2, -0.15) is 0 Å². The number of carbonyl (C=O) groups excluding carboxylic acids is 1. The van der Waals surface area contributed by atoms with Gasteiger partial charge in [-0.05, 0) is 54.8 Å². The molecule has 2 N–H and O–H groups in total. The van der Waals surface area contributed by atoms with Gasteiger partial charge in [0.15, 0.2) is 5.50 Å². The summed E-state index contributed by atoms with van der Waals surface area (Å²) in [6, 6.07) is 16.3. The Morgan fingerprint density at radius 2 is 1.97 bits per heavy atom. The third kappa shape index (κ3) is 4.64. The number of carbonyl (C=O) groups is 1. The monoisotopic (exact) mass is 435 g/mol. The number of nitro benzene ring substituents is 1. The zero-order chi connectivity index (χ0) is 22.0. The van der Waals surface area contributed by atoms with Gasteiger partial charge in [0, 0.05) is 29.5 Å². The summed E-state index contributed by atoms with van der Waals surface area (Å²) in [6.07, 6.45) is 2.68. The number of anilines is 1. The number of aryl methyl sites for hydroxylation is 2. The van der Waals surface area contributed by atoms with Crippen LogP contribution in [0.3, 0.4) is 0 Å². The minimum absolute atomic E-state index is 0.0389. The van der Waals surface area contributed by atoms with Crippen LogP contribution in [0.1, 0.15) is 23.8 Å². The molecule has 0 radical (unpaired) electrons. The predicted molar refractivity (Wildman–Crippen MR) is 122 cm³/mol. The number of hydrogen-bond acceptors (Lipinski definition) is 6. The molecule has 4 rings (SSSR count). The Morgan fingerprint density at radius 3 is 2.65 bits per heavy atom. The Bertz CT molecular complexity index is 1170. The molecule has 8 heteroatoms. The average Bonchev–Trinajstić information content (AvgIpc) is 3.35. The zero-order valence-corrected chi connectivity index (χ0v) is 17.9. The summed E-state index contributed by atoms with van der Waals surface area (Å²) < 4.78 is 5.88. The van der Waals surface area contributed by atoms with Gasteiger partial charge < -0.3 is 15.1 Å². The highest BCUT2D eigenvalue weighted by Gasteiger charge is 2.27. The minimum Gasteiger partial charge on any atom is -0.457 e. The molecule has 158 valence electrons. The van der Waals surface area contributed by atoms with E-state index in [2.05, 4.69) is 29.7 Å². The third-order valence-corrected chi connectivity index (χ3v) is 6.01. The third-order valence-electron chi connectivity index (χ3n) is 4.98. The molecular formula is C23H21N3O4S. The largest absolute Gasteiger partial charge is 0.457 e. The minimum atomic E-state index is -0.423. The molecule has 0 saturated carbocycles. The maximum absolute atomic E-state index is 12.4. The van der Waals surface area contributed by atoms with Crippen molar-refractivity contribution < 1.29 is 14.1 Å². The van der Waals surface area contributed by atoms with E-state index in [0.717, 1.165) is 23.2 Å². The lowest BCUT2D eigenvalue weighted by Gasteiger charge is -2.12. The summed E-state index contributed by atoms with van der Waals surface area (Å²) in [5.74, 6) is 0.962.